The third-order valence-electron chi connectivity index (χ3n) is 5.21. The van der Waals surface area contributed by atoms with Crippen molar-refractivity contribution in [2.45, 2.75) is 38.3 Å². The highest BCUT2D eigenvalue weighted by molar-refractivity contribution is 7.10. The fraction of sp³-hybridized carbons (Fsp3) is 0.762. The van der Waals surface area contributed by atoms with Crippen LogP contribution in [0.15, 0.2) is 22.5 Å². The van der Waals surface area contributed by atoms with Gasteiger partial charge in [0.1, 0.15) is 0 Å². The smallest absolute Gasteiger partial charge is 0.191 e. The number of rotatable bonds is 11. The Kier molecular flexibility index (Phi) is 10.2. The zero-order valence-electron chi connectivity index (χ0n) is 17.6. The largest absolute Gasteiger partial charge is 0.379 e. The van der Waals surface area contributed by atoms with Crippen LogP contribution in [0.5, 0.6) is 0 Å². The maximum atomic E-state index is 5.74. The maximum absolute atomic E-state index is 5.74. The predicted molar refractivity (Wildman–Crippen MR) is 118 cm³/mol. The van der Waals surface area contributed by atoms with E-state index in [0.29, 0.717) is 12.1 Å². The van der Waals surface area contributed by atoms with Gasteiger partial charge >= 0.3 is 0 Å². The van der Waals surface area contributed by atoms with Crippen LogP contribution in [0.3, 0.4) is 0 Å². The van der Waals surface area contributed by atoms with Crippen molar-refractivity contribution in [3.63, 3.8) is 0 Å². The molecule has 1 aromatic heterocycles. The van der Waals surface area contributed by atoms with Crippen molar-refractivity contribution in [2.75, 3.05) is 65.8 Å². The quantitative estimate of drug-likeness (QED) is 0.323. The van der Waals surface area contributed by atoms with Gasteiger partial charge in [0.2, 0.25) is 0 Å². The standard InChI is InChI=1S/C21H36N4O3S/c1-2-22-21(23-8-5-11-27-17-18-6-3-12-28-18)24-16-19(20-7-4-15-29-20)25-9-13-26-14-10-25/h4,7,15,18-19H,2-3,5-6,8-14,16-17H2,1H3,(H2,22,23,24). The van der Waals surface area contributed by atoms with E-state index in [9.17, 15) is 0 Å². The molecule has 0 aliphatic carbocycles. The number of nitrogens with zero attached hydrogens (tertiary/aromatic N) is 2. The Morgan fingerprint density at radius 3 is 2.97 bits per heavy atom. The molecule has 2 N–H and O–H groups in total. The van der Waals surface area contributed by atoms with Crippen LogP contribution in [-0.2, 0) is 14.2 Å². The highest BCUT2D eigenvalue weighted by Crippen LogP contribution is 2.26. The molecule has 2 unspecified atom stereocenters. The van der Waals surface area contributed by atoms with Crippen LogP contribution in [0.4, 0.5) is 0 Å². The lowest BCUT2D eigenvalue weighted by Gasteiger charge is -2.33. The van der Waals surface area contributed by atoms with Crippen molar-refractivity contribution in [2.24, 2.45) is 4.99 Å². The highest BCUT2D eigenvalue weighted by atomic mass is 32.1. The summed E-state index contributed by atoms with van der Waals surface area (Å²) in [6.45, 7) is 10.4. The van der Waals surface area contributed by atoms with Crippen LogP contribution < -0.4 is 10.6 Å². The molecule has 0 amide bonds. The molecule has 3 heterocycles. The lowest BCUT2D eigenvalue weighted by atomic mass is 10.2. The van der Waals surface area contributed by atoms with Crippen molar-refractivity contribution >= 4 is 17.3 Å². The number of morpholine rings is 1. The minimum atomic E-state index is 0.302. The summed E-state index contributed by atoms with van der Waals surface area (Å²) in [6, 6.07) is 4.65. The molecular weight excluding hydrogens is 388 g/mol. The molecular formula is C21H36N4O3S. The van der Waals surface area contributed by atoms with E-state index in [1.807, 2.05) is 11.3 Å². The zero-order chi connectivity index (χ0) is 20.2. The lowest BCUT2D eigenvalue weighted by Crippen LogP contribution is -2.41. The van der Waals surface area contributed by atoms with E-state index < -0.39 is 0 Å². The van der Waals surface area contributed by atoms with Crippen molar-refractivity contribution in [1.29, 1.82) is 0 Å². The van der Waals surface area contributed by atoms with Gasteiger partial charge in [0.15, 0.2) is 5.96 Å². The SMILES string of the molecule is CCNC(=NCC(c1cccs1)N1CCOCC1)NCCCOCC1CCCO1. The number of thiophene rings is 1. The fourth-order valence-electron chi connectivity index (χ4n) is 3.65. The molecule has 2 aliphatic heterocycles. The van der Waals surface area contributed by atoms with Gasteiger partial charge in [-0.15, -0.1) is 11.3 Å². The first-order chi connectivity index (χ1) is 14.4. The van der Waals surface area contributed by atoms with Crippen LogP contribution in [0.2, 0.25) is 0 Å². The molecule has 1 aromatic rings. The topological polar surface area (TPSA) is 67.4 Å². The van der Waals surface area contributed by atoms with Gasteiger partial charge in [0, 0.05) is 44.3 Å². The number of ether oxygens (including phenoxy) is 3. The van der Waals surface area contributed by atoms with E-state index in [1.54, 1.807) is 0 Å². The molecule has 2 saturated heterocycles. The summed E-state index contributed by atoms with van der Waals surface area (Å²) in [5.41, 5.74) is 0. The van der Waals surface area contributed by atoms with E-state index in [-0.39, 0.29) is 0 Å². The Morgan fingerprint density at radius 1 is 1.34 bits per heavy atom. The minimum absolute atomic E-state index is 0.302. The molecule has 2 atom stereocenters. The van der Waals surface area contributed by atoms with Gasteiger partial charge in [-0.25, -0.2) is 0 Å². The van der Waals surface area contributed by atoms with Crippen molar-refractivity contribution in [1.82, 2.24) is 15.5 Å². The fourth-order valence-corrected chi connectivity index (χ4v) is 4.50. The Balaban J connectivity index is 1.43. The molecule has 8 heteroatoms. The van der Waals surface area contributed by atoms with Gasteiger partial charge in [-0.2, -0.15) is 0 Å². The third-order valence-corrected chi connectivity index (χ3v) is 6.18. The average molecular weight is 425 g/mol. The van der Waals surface area contributed by atoms with Gasteiger partial charge in [-0.3, -0.25) is 9.89 Å². The normalized spacial score (nSPS) is 22.0. The van der Waals surface area contributed by atoms with E-state index >= 15 is 0 Å². The number of guanidine groups is 1. The summed E-state index contributed by atoms with van der Waals surface area (Å²) in [7, 11) is 0. The predicted octanol–water partition coefficient (Wildman–Crippen LogP) is 2.26. The number of nitrogens with one attached hydrogen (secondary N) is 2. The molecule has 3 rings (SSSR count). The molecule has 7 nitrogen and oxygen atoms in total. The van der Waals surface area contributed by atoms with Gasteiger partial charge in [-0.05, 0) is 37.6 Å². The maximum Gasteiger partial charge on any atom is 0.191 e. The van der Waals surface area contributed by atoms with Gasteiger partial charge < -0.3 is 24.8 Å². The second kappa shape index (κ2) is 13.2. The van der Waals surface area contributed by atoms with E-state index in [1.165, 1.54) is 4.88 Å². The second-order valence-corrected chi connectivity index (χ2v) is 8.37. The highest BCUT2D eigenvalue weighted by Gasteiger charge is 2.23. The summed E-state index contributed by atoms with van der Waals surface area (Å²) in [4.78, 5) is 8.74. The molecule has 0 radical (unpaired) electrons. The van der Waals surface area contributed by atoms with E-state index in [0.717, 1.165) is 91.0 Å². The number of hydrogen-bond donors (Lipinski definition) is 2. The molecule has 164 valence electrons. The molecule has 0 bridgehead atoms. The van der Waals surface area contributed by atoms with Crippen LogP contribution in [0.1, 0.15) is 37.1 Å². The first-order valence-electron chi connectivity index (χ1n) is 10.9. The summed E-state index contributed by atoms with van der Waals surface area (Å²) in [6.07, 6.45) is 3.55. The summed E-state index contributed by atoms with van der Waals surface area (Å²) < 4.78 is 16.9. The number of hydrogen-bond acceptors (Lipinski definition) is 6. The van der Waals surface area contributed by atoms with E-state index in [2.05, 4.69) is 40.0 Å². The first-order valence-corrected chi connectivity index (χ1v) is 11.8. The molecule has 0 aromatic carbocycles. The number of aliphatic imine (C=N–C) groups is 1. The molecule has 2 fully saturated rings. The van der Waals surface area contributed by atoms with Crippen molar-refractivity contribution < 1.29 is 14.2 Å². The summed E-state index contributed by atoms with van der Waals surface area (Å²) in [5.74, 6) is 0.876. The second-order valence-electron chi connectivity index (χ2n) is 7.39. The third kappa shape index (κ3) is 7.86. The minimum Gasteiger partial charge on any atom is -0.379 e. The van der Waals surface area contributed by atoms with Crippen LogP contribution in [0.25, 0.3) is 0 Å². The van der Waals surface area contributed by atoms with Crippen LogP contribution in [0, 0.1) is 0 Å². The molecule has 2 aliphatic rings. The van der Waals surface area contributed by atoms with Crippen LogP contribution in [-0.4, -0.2) is 82.7 Å². The Bertz CT molecular complexity index is 572. The van der Waals surface area contributed by atoms with Crippen LogP contribution >= 0.6 is 11.3 Å². The van der Waals surface area contributed by atoms with Crippen molar-refractivity contribution in [3.8, 4) is 0 Å². The molecule has 0 saturated carbocycles. The van der Waals surface area contributed by atoms with Gasteiger partial charge in [0.25, 0.3) is 0 Å². The molecule has 29 heavy (non-hydrogen) atoms. The van der Waals surface area contributed by atoms with Gasteiger partial charge in [-0.1, -0.05) is 6.07 Å². The summed E-state index contributed by atoms with van der Waals surface area (Å²) >= 11 is 1.81. The Morgan fingerprint density at radius 2 is 2.24 bits per heavy atom. The molecule has 0 spiro atoms. The Hall–Kier alpha value is -1.19. The first kappa shape index (κ1) is 22.5. The zero-order valence-corrected chi connectivity index (χ0v) is 18.4. The van der Waals surface area contributed by atoms with E-state index in [4.69, 9.17) is 19.2 Å². The van der Waals surface area contributed by atoms with Crippen molar-refractivity contribution in [3.05, 3.63) is 22.4 Å². The monoisotopic (exact) mass is 424 g/mol. The average Bonchev–Trinajstić information content (AvgIpc) is 3.46. The lowest BCUT2D eigenvalue weighted by molar-refractivity contribution is 0.0168. The Labute approximate surface area is 178 Å². The van der Waals surface area contributed by atoms with Gasteiger partial charge in [0.05, 0.1) is 38.5 Å². The summed E-state index contributed by atoms with van der Waals surface area (Å²) in [5, 5.41) is 8.95.